The van der Waals surface area contributed by atoms with Crippen LogP contribution < -0.4 is 5.73 Å². The van der Waals surface area contributed by atoms with Gasteiger partial charge in [-0.05, 0) is 23.3 Å². The summed E-state index contributed by atoms with van der Waals surface area (Å²) >= 11 is 0. The van der Waals surface area contributed by atoms with Crippen molar-refractivity contribution in [2.45, 2.75) is 0 Å². The van der Waals surface area contributed by atoms with Gasteiger partial charge in [-0.2, -0.15) is 0 Å². The van der Waals surface area contributed by atoms with E-state index < -0.39 is 5.91 Å². The molecule has 1 amide bonds. The van der Waals surface area contributed by atoms with Crippen molar-refractivity contribution in [3.05, 3.63) is 78.6 Å². The lowest BCUT2D eigenvalue weighted by molar-refractivity contribution is 0.0990. The van der Waals surface area contributed by atoms with E-state index in [1.54, 1.807) is 12.3 Å². The number of nitrogens with two attached hydrogens (primary N) is 1. The van der Waals surface area contributed by atoms with Crippen LogP contribution in [0.2, 0.25) is 0 Å². The number of rotatable bonds is 3. The molecule has 0 unspecified atom stereocenters. The third-order valence-electron chi connectivity index (χ3n) is 4.05. The van der Waals surface area contributed by atoms with Gasteiger partial charge < -0.3 is 10.7 Å². The van der Waals surface area contributed by atoms with Crippen LogP contribution in [0, 0.1) is 0 Å². The molecule has 0 fully saturated rings. The third-order valence-corrected chi connectivity index (χ3v) is 4.05. The zero-order chi connectivity index (χ0) is 17.9. The lowest BCUT2D eigenvalue weighted by atomic mass is 10.1. The molecule has 0 radical (unpaired) electrons. The van der Waals surface area contributed by atoms with Gasteiger partial charge in [-0.15, -0.1) is 10.2 Å². The van der Waals surface area contributed by atoms with Gasteiger partial charge in [0.05, 0.1) is 0 Å². The van der Waals surface area contributed by atoms with Gasteiger partial charge in [0.25, 0.3) is 0 Å². The predicted molar refractivity (Wildman–Crippen MR) is 101 cm³/mol. The number of hydrogen-bond donors (Lipinski definition) is 2. The molecule has 0 saturated carbocycles. The van der Waals surface area contributed by atoms with E-state index in [2.05, 4.69) is 20.2 Å². The molecule has 0 spiro atoms. The number of aromatic nitrogens is 2. The average Bonchev–Trinajstić information content (AvgIpc) is 3.03. The van der Waals surface area contributed by atoms with Crippen LogP contribution in [0.15, 0.2) is 83.2 Å². The van der Waals surface area contributed by atoms with E-state index in [4.69, 9.17) is 5.73 Å². The number of fused-ring (bicyclic) bond motifs is 1. The quantitative estimate of drug-likeness (QED) is 0.527. The molecule has 2 heterocycles. The highest BCUT2D eigenvalue weighted by Crippen LogP contribution is 2.30. The van der Waals surface area contributed by atoms with Gasteiger partial charge in [-0.1, -0.05) is 54.6 Å². The van der Waals surface area contributed by atoms with Crippen LogP contribution in [-0.4, -0.2) is 15.9 Å². The van der Waals surface area contributed by atoms with Crippen LogP contribution in [0.25, 0.3) is 21.9 Å². The van der Waals surface area contributed by atoms with E-state index in [1.807, 2.05) is 60.7 Å². The first kappa shape index (κ1) is 15.7. The minimum Gasteiger partial charge on any atom is -0.385 e. The molecule has 26 heavy (non-hydrogen) atoms. The number of amides is 1. The second-order valence-corrected chi connectivity index (χ2v) is 5.73. The van der Waals surface area contributed by atoms with Gasteiger partial charge in [0, 0.05) is 17.0 Å². The molecule has 0 atom stereocenters. The van der Waals surface area contributed by atoms with E-state index in [-0.39, 0.29) is 5.69 Å². The number of nitrogen functional groups attached to an aromatic ring is 1. The first-order valence-electron chi connectivity index (χ1n) is 8.06. The Bertz CT molecular complexity index is 1120. The SMILES string of the molecule is Nc1[nH]c(N=NC(=O)c2cc(-c3ccccc3)ccn2)c2ccccc12. The fourth-order valence-corrected chi connectivity index (χ4v) is 2.77. The van der Waals surface area contributed by atoms with Crippen molar-refractivity contribution < 1.29 is 4.79 Å². The van der Waals surface area contributed by atoms with E-state index in [1.165, 1.54) is 0 Å². The molecular formula is C20H15N5O. The smallest absolute Gasteiger partial charge is 0.314 e. The summed E-state index contributed by atoms with van der Waals surface area (Å²) in [5, 5.41) is 9.49. The highest BCUT2D eigenvalue weighted by molar-refractivity contribution is 6.00. The standard InChI is InChI=1S/C20H15N5O/c21-18-15-8-4-5-9-16(15)19(23-18)24-25-20(26)17-12-14(10-11-22-17)13-6-2-1-3-7-13/h1-12,23H,21H2. The Kier molecular flexibility index (Phi) is 3.99. The summed E-state index contributed by atoms with van der Waals surface area (Å²) in [6.07, 6.45) is 1.59. The topological polar surface area (TPSA) is 96.5 Å². The van der Waals surface area contributed by atoms with Crippen LogP contribution in [0.1, 0.15) is 10.5 Å². The largest absolute Gasteiger partial charge is 0.385 e. The molecule has 0 saturated heterocycles. The Morgan fingerprint density at radius 3 is 2.46 bits per heavy atom. The van der Waals surface area contributed by atoms with Crippen molar-refractivity contribution in [1.29, 1.82) is 0 Å². The monoisotopic (exact) mass is 341 g/mol. The summed E-state index contributed by atoms with van der Waals surface area (Å²) in [4.78, 5) is 19.4. The molecule has 2 aromatic carbocycles. The van der Waals surface area contributed by atoms with Crippen molar-refractivity contribution in [2.75, 3.05) is 5.73 Å². The Morgan fingerprint density at radius 1 is 0.923 bits per heavy atom. The molecule has 126 valence electrons. The van der Waals surface area contributed by atoms with Crippen LogP contribution in [0.4, 0.5) is 11.6 Å². The number of azo groups is 1. The number of nitrogens with zero attached hydrogens (tertiary/aromatic N) is 3. The maximum Gasteiger partial charge on any atom is 0.314 e. The molecule has 2 aromatic heterocycles. The summed E-state index contributed by atoms with van der Waals surface area (Å²) in [6, 6.07) is 20.8. The van der Waals surface area contributed by atoms with Crippen molar-refractivity contribution in [3.63, 3.8) is 0 Å². The van der Waals surface area contributed by atoms with Gasteiger partial charge in [-0.25, -0.2) is 0 Å². The predicted octanol–water partition coefficient (Wildman–Crippen LogP) is 4.74. The normalized spacial score (nSPS) is 11.2. The minimum atomic E-state index is -0.514. The molecule has 4 aromatic rings. The van der Waals surface area contributed by atoms with Gasteiger partial charge in [0.2, 0.25) is 0 Å². The lowest BCUT2D eigenvalue weighted by Crippen LogP contribution is -1.98. The number of anilines is 1. The van der Waals surface area contributed by atoms with E-state index in [9.17, 15) is 4.79 Å². The highest BCUT2D eigenvalue weighted by Gasteiger charge is 2.10. The van der Waals surface area contributed by atoms with Crippen LogP contribution in [0.3, 0.4) is 0 Å². The fourth-order valence-electron chi connectivity index (χ4n) is 2.77. The van der Waals surface area contributed by atoms with E-state index in [0.29, 0.717) is 11.6 Å². The van der Waals surface area contributed by atoms with E-state index in [0.717, 1.165) is 21.9 Å². The van der Waals surface area contributed by atoms with Crippen molar-refractivity contribution in [3.8, 4) is 11.1 Å². The number of aromatic amines is 1. The molecule has 0 aliphatic rings. The molecule has 4 rings (SSSR count). The third kappa shape index (κ3) is 2.95. The van der Waals surface area contributed by atoms with Crippen molar-refractivity contribution in [1.82, 2.24) is 9.97 Å². The lowest BCUT2D eigenvalue weighted by Gasteiger charge is -2.02. The molecule has 6 heteroatoms. The van der Waals surface area contributed by atoms with E-state index >= 15 is 0 Å². The first-order chi connectivity index (χ1) is 12.7. The Morgan fingerprint density at radius 2 is 1.65 bits per heavy atom. The summed E-state index contributed by atoms with van der Waals surface area (Å²) in [7, 11) is 0. The zero-order valence-electron chi connectivity index (χ0n) is 13.8. The number of hydrogen-bond acceptors (Lipinski definition) is 4. The minimum absolute atomic E-state index is 0.235. The zero-order valence-corrected chi connectivity index (χ0v) is 13.8. The molecule has 3 N–H and O–H groups in total. The number of benzene rings is 2. The number of carbonyl (C=O) groups excluding carboxylic acids is 1. The van der Waals surface area contributed by atoms with Crippen molar-refractivity contribution in [2.24, 2.45) is 10.2 Å². The molecule has 0 aliphatic carbocycles. The van der Waals surface area contributed by atoms with Gasteiger partial charge in [-0.3, -0.25) is 9.78 Å². The average molecular weight is 341 g/mol. The van der Waals surface area contributed by atoms with Gasteiger partial charge in [0.1, 0.15) is 11.5 Å². The number of carbonyl (C=O) groups is 1. The summed E-state index contributed by atoms with van der Waals surface area (Å²) in [5.74, 6) is 0.428. The molecule has 0 aliphatic heterocycles. The maximum atomic E-state index is 12.4. The molecular weight excluding hydrogens is 326 g/mol. The summed E-state index contributed by atoms with van der Waals surface area (Å²) < 4.78 is 0. The second kappa shape index (κ2) is 6.60. The Balaban J connectivity index is 1.63. The second-order valence-electron chi connectivity index (χ2n) is 5.73. The van der Waals surface area contributed by atoms with Crippen LogP contribution in [0.5, 0.6) is 0 Å². The Labute approximate surface area is 149 Å². The number of pyridine rings is 1. The van der Waals surface area contributed by atoms with Crippen molar-refractivity contribution >= 4 is 28.3 Å². The first-order valence-corrected chi connectivity index (χ1v) is 8.06. The summed E-state index contributed by atoms with van der Waals surface area (Å²) in [5.41, 5.74) is 8.06. The van der Waals surface area contributed by atoms with Crippen LogP contribution in [-0.2, 0) is 0 Å². The fraction of sp³-hybridized carbons (Fsp3) is 0. The number of nitrogens with one attached hydrogen (secondary N) is 1. The van der Waals surface area contributed by atoms with Crippen LogP contribution >= 0.6 is 0 Å². The number of H-pyrrole nitrogens is 1. The summed E-state index contributed by atoms with van der Waals surface area (Å²) in [6.45, 7) is 0. The molecule has 6 nitrogen and oxygen atoms in total. The Hall–Kier alpha value is -3.80. The maximum absolute atomic E-state index is 12.4. The van der Waals surface area contributed by atoms with Gasteiger partial charge in [0.15, 0.2) is 5.82 Å². The molecule has 0 bridgehead atoms. The van der Waals surface area contributed by atoms with Gasteiger partial charge >= 0.3 is 5.91 Å². The highest BCUT2D eigenvalue weighted by atomic mass is 16.1.